The van der Waals surface area contributed by atoms with E-state index in [2.05, 4.69) is 0 Å². The molecule has 0 rings (SSSR count). The first-order valence-corrected chi connectivity index (χ1v) is 4.33. The molecule has 0 bridgehead atoms. The largest absolute Gasteiger partial charge is 0.462 e. The summed E-state index contributed by atoms with van der Waals surface area (Å²) in [7, 11) is 0. The van der Waals surface area contributed by atoms with Crippen LogP contribution in [0.15, 0.2) is 0 Å². The van der Waals surface area contributed by atoms with Crippen molar-refractivity contribution < 1.29 is 19.4 Å². The van der Waals surface area contributed by atoms with E-state index in [1.807, 2.05) is 6.92 Å². The molecular weight excluding hydrogens is 174 g/mol. The van der Waals surface area contributed by atoms with Crippen molar-refractivity contribution in [2.24, 2.45) is 5.73 Å². The van der Waals surface area contributed by atoms with E-state index >= 15 is 0 Å². The van der Waals surface area contributed by atoms with Crippen molar-refractivity contribution in [2.75, 3.05) is 26.4 Å². The van der Waals surface area contributed by atoms with Gasteiger partial charge in [0.2, 0.25) is 0 Å². The number of rotatable bonds is 7. The van der Waals surface area contributed by atoms with Crippen LogP contribution in [0.25, 0.3) is 0 Å². The van der Waals surface area contributed by atoms with Crippen LogP contribution in [0.5, 0.6) is 0 Å². The van der Waals surface area contributed by atoms with Crippen molar-refractivity contribution in [3.63, 3.8) is 0 Å². The Morgan fingerprint density at radius 1 is 1.54 bits per heavy atom. The van der Waals surface area contributed by atoms with Crippen LogP contribution in [0.2, 0.25) is 0 Å². The maximum atomic E-state index is 11.0. The molecule has 0 fully saturated rings. The van der Waals surface area contributed by atoms with Gasteiger partial charge >= 0.3 is 5.97 Å². The lowest BCUT2D eigenvalue weighted by Crippen LogP contribution is -2.33. The quantitative estimate of drug-likeness (QED) is 0.410. The number of esters is 1. The number of hydrogen-bond acceptors (Lipinski definition) is 5. The standard InChI is InChI=1S/C8H17NO4/c1-2-12-5-6-13-8(11)7(9)3-4-10/h7,10H,2-6,9H2,1H3/t7-/m0/s1. The van der Waals surface area contributed by atoms with Gasteiger partial charge in [0.25, 0.3) is 0 Å². The topological polar surface area (TPSA) is 81.8 Å². The Balaban J connectivity index is 3.38. The molecule has 0 amide bonds. The first-order chi connectivity index (χ1) is 6.22. The first kappa shape index (κ1) is 12.3. The average Bonchev–Trinajstić information content (AvgIpc) is 2.12. The van der Waals surface area contributed by atoms with E-state index in [0.717, 1.165) is 0 Å². The molecule has 0 aromatic rings. The Hall–Kier alpha value is -0.650. The number of nitrogens with two attached hydrogens (primary N) is 1. The fraction of sp³-hybridized carbons (Fsp3) is 0.875. The lowest BCUT2D eigenvalue weighted by molar-refractivity contribution is -0.147. The van der Waals surface area contributed by atoms with Gasteiger partial charge in [-0.1, -0.05) is 0 Å². The normalized spacial score (nSPS) is 12.5. The number of aliphatic hydroxyl groups is 1. The van der Waals surface area contributed by atoms with Gasteiger partial charge in [-0.2, -0.15) is 0 Å². The van der Waals surface area contributed by atoms with Crippen molar-refractivity contribution in [3.05, 3.63) is 0 Å². The molecule has 0 saturated heterocycles. The number of hydrogen-bond donors (Lipinski definition) is 2. The molecule has 0 aliphatic carbocycles. The molecule has 3 N–H and O–H groups in total. The molecule has 0 aromatic heterocycles. The van der Waals surface area contributed by atoms with Gasteiger partial charge in [-0.3, -0.25) is 4.79 Å². The number of carbonyl (C=O) groups is 1. The van der Waals surface area contributed by atoms with Gasteiger partial charge in [0, 0.05) is 13.2 Å². The third-order valence-corrected chi connectivity index (χ3v) is 1.42. The molecule has 5 heteroatoms. The van der Waals surface area contributed by atoms with Crippen LogP contribution in [0.4, 0.5) is 0 Å². The van der Waals surface area contributed by atoms with Crippen LogP contribution >= 0.6 is 0 Å². The second-order valence-electron chi connectivity index (χ2n) is 2.48. The molecule has 0 radical (unpaired) electrons. The van der Waals surface area contributed by atoms with E-state index < -0.39 is 12.0 Å². The highest BCUT2D eigenvalue weighted by molar-refractivity contribution is 5.75. The van der Waals surface area contributed by atoms with E-state index in [-0.39, 0.29) is 19.6 Å². The molecule has 0 aromatic carbocycles. The van der Waals surface area contributed by atoms with Crippen LogP contribution in [-0.4, -0.2) is 43.5 Å². The smallest absolute Gasteiger partial charge is 0.323 e. The maximum absolute atomic E-state index is 11.0. The predicted molar refractivity (Wildman–Crippen MR) is 47.1 cm³/mol. The van der Waals surface area contributed by atoms with E-state index in [1.165, 1.54) is 0 Å². The summed E-state index contributed by atoms with van der Waals surface area (Å²) in [5.41, 5.74) is 5.37. The van der Waals surface area contributed by atoms with Gasteiger partial charge in [-0.05, 0) is 13.3 Å². The highest BCUT2D eigenvalue weighted by atomic mass is 16.6. The molecule has 0 saturated carbocycles. The fourth-order valence-corrected chi connectivity index (χ4v) is 0.709. The Labute approximate surface area is 77.8 Å². The Bertz CT molecular complexity index is 140. The zero-order valence-corrected chi connectivity index (χ0v) is 7.86. The van der Waals surface area contributed by atoms with E-state index in [1.54, 1.807) is 0 Å². The zero-order valence-electron chi connectivity index (χ0n) is 7.86. The molecule has 0 heterocycles. The van der Waals surface area contributed by atoms with Gasteiger partial charge in [-0.15, -0.1) is 0 Å². The van der Waals surface area contributed by atoms with Crippen molar-refractivity contribution in [1.82, 2.24) is 0 Å². The molecular formula is C8H17NO4. The number of aliphatic hydroxyl groups excluding tert-OH is 1. The maximum Gasteiger partial charge on any atom is 0.323 e. The summed E-state index contributed by atoms with van der Waals surface area (Å²) >= 11 is 0. The summed E-state index contributed by atoms with van der Waals surface area (Å²) in [5.74, 6) is -0.492. The van der Waals surface area contributed by atoms with Crippen LogP contribution in [0, 0.1) is 0 Å². The highest BCUT2D eigenvalue weighted by Gasteiger charge is 2.13. The lowest BCUT2D eigenvalue weighted by atomic mass is 10.2. The molecule has 0 aliphatic heterocycles. The van der Waals surface area contributed by atoms with Crippen LogP contribution in [0.3, 0.4) is 0 Å². The second-order valence-corrected chi connectivity index (χ2v) is 2.48. The monoisotopic (exact) mass is 191 g/mol. The van der Waals surface area contributed by atoms with Gasteiger partial charge in [0.15, 0.2) is 0 Å². The summed E-state index contributed by atoms with van der Waals surface area (Å²) in [6.45, 7) is 2.95. The first-order valence-electron chi connectivity index (χ1n) is 4.33. The van der Waals surface area contributed by atoms with Gasteiger partial charge < -0.3 is 20.3 Å². The summed E-state index contributed by atoms with van der Waals surface area (Å²) in [5, 5.41) is 8.48. The fourth-order valence-electron chi connectivity index (χ4n) is 0.709. The Morgan fingerprint density at radius 3 is 2.77 bits per heavy atom. The molecule has 0 unspecified atom stereocenters. The van der Waals surface area contributed by atoms with Gasteiger partial charge in [0.05, 0.1) is 6.61 Å². The summed E-state index contributed by atoms with van der Waals surface area (Å²) in [4.78, 5) is 11.0. The summed E-state index contributed by atoms with van der Waals surface area (Å²) < 4.78 is 9.71. The molecule has 1 atom stereocenters. The summed E-state index contributed by atoms with van der Waals surface area (Å²) in [6.07, 6.45) is 0.230. The zero-order chi connectivity index (χ0) is 10.1. The van der Waals surface area contributed by atoms with Crippen LogP contribution < -0.4 is 5.73 Å². The minimum absolute atomic E-state index is 0.109. The highest BCUT2D eigenvalue weighted by Crippen LogP contribution is 1.91. The molecule has 0 aliphatic rings. The van der Waals surface area contributed by atoms with Crippen molar-refractivity contribution in [2.45, 2.75) is 19.4 Å². The van der Waals surface area contributed by atoms with Crippen molar-refractivity contribution >= 4 is 5.97 Å². The van der Waals surface area contributed by atoms with E-state index in [4.69, 9.17) is 20.3 Å². The van der Waals surface area contributed by atoms with Crippen molar-refractivity contribution in [1.29, 1.82) is 0 Å². The molecule has 13 heavy (non-hydrogen) atoms. The Kier molecular flexibility index (Phi) is 7.57. The number of ether oxygens (including phenoxy) is 2. The Morgan fingerprint density at radius 2 is 2.23 bits per heavy atom. The van der Waals surface area contributed by atoms with Crippen LogP contribution in [0.1, 0.15) is 13.3 Å². The van der Waals surface area contributed by atoms with Crippen molar-refractivity contribution in [3.8, 4) is 0 Å². The minimum atomic E-state index is -0.730. The second kappa shape index (κ2) is 7.97. The van der Waals surface area contributed by atoms with E-state index in [0.29, 0.717) is 13.2 Å². The predicted octanol–water partition coefficient (Wildman–Crippen LogP) is -0.724. The number of carbonyl (C=O) groups excluding carboxylic acids is 1. The molecule has 78 valence electrons. The molecule has 0 spiro atoms. The lowest BCUT2D eigenvalue weighted by Gasteiger charge is -2.09. The summed E-state index contributed by atoms with van der Waals surface area (Å²) in [6, 6.07) is -0.730. The van der Waals surface area contributed by atoms with Gasteiger partial charge in [-0.25, -0.2) is 0 Å². The minimum Gasteiger partial charge on any atom is -0.462 e. The van der Waals surface area contributed by atoms with Crippen LogP contribution in [-0.2, 0) is 14.3 Å². The third kappa shape index (κ3) is 6.51. The average molecular weight is 191 g/mol. The molecule has 5 nitrogen and oxygen atoms in total. The third-order valence-electron chi connectivity index (χ3n) is 1.42. The van der Waals surface area contributed by atoms with E-state index in [9.17, 15) is 4.79 Å². The van der Waals surface area contributed by atoms with Gasteiger partial charge in [0.1, 0.15) is 12.6 Å². The SMILES string of the molecule is CCOCCOC(=O)[C@@H](N)CCO.